The highest BCUT2D eigenvalue weighted by Gasteiger charge is 2.42. The molecule has 1 aromatic heterocycles. The van der Waals surface area contributed by atoms with E-state index in [1.54, 1.807) is 23.6 Å². The Morgan fingerprint density at radius 3 is 1.32 bits per heavy atom. The van der Waals surface area contributed by atoms with Crippen molar-refractivity contribution in [2.24, 2.45) is 0 Å². The fourth-order valence-corrected chi connectivity index (χ4v) is 7.95. The number of rotatable bonds is 3. The fourth-order valence-electron chi connectivity index (χ4n) is 7.95. The molecule has 1 aliphatic carbocycles. The zero-order valence-electron chi connectivity index (χ0n) is 44.0. The molecule has 0 aliphatic heterocycles. The summed E-state index contributed by atoms with van der Waals surface area (Å²) in [5, 5.41) is 0. The van der Waals surface area contributed by atoms with Gasteiger partial charge >= 0.3 is 0 Å². The van der Waals surface area contributed by atoms with Crippen LogP contribution in [0.1, 0.15) is 225 Å². The van der Waals surface area contributed by atoms with Crippen LogP contribution in [0.15, 0.2) is 60.5 Å². The maximum absolute atomic E-state index is 9.06. The number of aryl methyl sites for hydroxylation is 2. The van der Waals surface area contributed by atoms with Gasteiger partial charge in [0.25, 0.3) is 0 Å². The maximum Gasteiger partial charge on any atom is 0.0629 e. The van der Waals surface area contributed by atoms with E-state index in [1.165, 1.54) is 17.0 Å². The minimum absolute atomic E-state index is 0.0381. The lowest BCUT2D eigenvalue weighted by atomic mass is 9.59. The molecule has 0 fully saturated rings. The van der Waals surface area contributed by atoms with E-state index in [9.17, 15) is 0 Å². The number of hydrogen-bond donors (Lipinski definition) is 0. The van der Waals surface area contributed by atoms with Crippen LogP contribution in [0.3, 0.4) is 0 Å². The van der Waals surface area contributed by atoms with E-state index in [1.807, 2.05) is 48.5 Å². The van der Waals surface area contributed by atoms with E-state index in [0.29, 0.717) is 51.1 Å². The van der Waals surface area contributed by atoms with E-state index in [-0.39, 0.29) is 47.2 Å². The maximum atomic E-state index is 9.06. The highest BCUT2D eigenvalue weighted by Crippen LogP contribution is 2.50. The first-order chi connectivity index (χ1) is 26.5. The van der Waals surface area contributed by atoms with Gasteiger partial charge in [0.15, 0.2) is 0 Å². The molecule has 3 aromatic carbocycles. The van der Waals surface area contributed by atoms with E-state index >= 15 is 0 Å². The van der Waals surface area contributed by atoms with Gasteiger partial charge in [-0.15, -0.1) is 0 Å². The van der Waals surface area contributed by atoms with Gasteiger partial charge < -0.3 is 4.57 Å². The molecule has 0 amide bonds. The van der Waals surface area contributed by atoms with Gasteiger partial charge in [-0.05, 0) is 132 Å². The predicted octanol–water partition coefficient (Wildman–Crippen LogP) is 15.5. The van der Waals surface area contributed by atoms with Crippen LogP contribution in [0.5, 0.6) is 0 Å². The van der Waals surface area contributed by atoms with Crippen molar-refractivity contribution in [1.29, 1.82) is 0 Å². The second-order valence-corrected chi connectivity index (χ2v) is 20.7. The molecular weight excluding hydrogens is 639 g/mol. The Morgan fingerprint density at radius 2 is 0.962 bits per heavy atom. The molecule has 292 valence electrons. The molecule has 0 atom stereocenters. The van der Waals surface area contributed by atoms with Gasteiger partial charge in [0, 0.05) is 27.8 Å². The molecule has 0 bridgehead atoms. The predicted molar refractivity (Wildman–Crippen MR) is 237 cm³/mol. The van der Waals surface area contributed by atoms with Crippen molar-refractivity contribution < 1.29 is 8.22 Å². The molecule has 53 heavy (non-hydrogen) atoms. The zero-order valence-corrected chi connectivity index (χ0v) is 38.0. The summed E-state index contributed by atoms with van der Waals surface area (Å²) in [4.78, 5) is 0. The van der Waals surface area contributed by atoms with Gasteiger partial charge in [0.1, 0.15) is 0 Å². The normalized spacial score (nSPS) is 16.6. The largest absolute Gasteiger partial charge is 0.344 e. The Balaban J connectivity index is 0.000000265. The van der Waals surface area contributed by atoms with Crippen molar-refractivity contribution in [3.05, 3.63) is 128 Å². The average molecular weight is 724 g/mol. The molecule has 0 saturated carbocycles. The Hall–Kier alpha value is -3.06. The number of fused-ring (bicyclic) bond motifs is 2. The van der Waals surface area contributed by atoms with E-state index in [2.05, 4.69) is 126 Å². The first-order valence-corrected chi connectivity index (χ1v) is 20.1. The number of benzene rings is 3. The van der Waals surface area contributed by atoms with Crippen LogP contribution in [-0.4, -0.2) is 4.57 Å². The van der Waals surface area contributed by atoms with Crippen molar-refractivity contribution in [2.75, 3.05) is 0 Å². The molecule has 0 unspecified atom stereocenters. The Morgan fingerprint density at radius 1 is 0.547 bits per heavy atom. The van der Waals surface area contributed by atoms with E-state index in [4.69, 9.17) is 8.22 Å². The minimum atomic E-state index is -0.852. The standard InChI is InChI=1S/C23H30.C19H32.C10H17N/c1-15-9-11-17-19(13-15)23(7,8)20-14-16(21(2,3)4)10-12-18(20)22(17,5)6;1-12(2)15-10-16(13(3)4)18(19(7,8)9)17(11-15)14(5)6;1-8-6-7-9(2)11(8)10(3,4)5/h9-14H,1-8H3;10-14H,1-9H3;6-7H,1-5H3/i9D,10D,11D,12D,13D,14D;;. The minimum Gasteiger partial charge on any atom is -0.344 e. The first-order valence-electron chi connectivity index (χ1n) is 23.1. The van der Waals surface area contributed by atoms with Gasteiger partial charge in [0.2, 0.25) is 0 Å². The summed E-state index contributed by atoms with van der Waals surface area (Å²) in [5.74, 6) is 1.78. The van der Waals surface area contributed by atoms with Crippen LogP contribution in [0, 0.1) is 20.8 Å². The van der Waals surface area contributed by atoms with Crippen LogP contribution in [0.4, 0.5) is 0 Å². The average Bonchev–Trinajstić information content (AvgIpc) is 3.42. The summed E-state index contributed by atoms with van der Waals surface area (Å²) in [5.41, 5.74) is 10.7. The monoisotopic (exact) mass is 724 g/mol. The number of aromatic nitrogens is 1. The molecule has 1 heterocycles. The molecule has 0 radical (unpaired) electrons. The topological polar surface area (TPSA) is 4.93 Å². The summed E-state index contributed by atoms with van der Waals surface area (Å²) in [6.45, 7) is 47.1. The van der Waals surface area contributed by atoms with Crippen molar-refractivity contribution in [1.82, 2.24) is 4.57 Å². The molecule has 0 N–H and O–H groups in total. The molecule has 0 spiro atoms. The molecular formula is C52H79N. The summed E-state index contributed by atoms with van der Waals surface area (Å²) in [7, 11) is 0. The summed E-state index contributed by atoms with van der Waals surface area (Å²) >= 11 is 0. The quantitative estimate of drug-likeness (QED) is 0.198. The van der Waals surface area contributed by atoms with Crippen LogP contribution in [0.2, 0.25) is 0 Å². The smallest absolute Gasteiger partial charge is 0.0629 e. The Bertz CT molecular complexity index is 2140. The molecule has 4 aromatic rings. The Kier molecular flexibility index (Phi) is 10.5. The zero-order chi connectivity index (χ0) is 46.0. The lowest BCUT2D eigenvalue weighted by molar-refractivity contribution is 0.383. The number of hydrogen-bond acceptors (Lipinski definition) is 0. The third kappa shape index (κ3) is 9.61. The van der Waals surface area contributed by atoms with Crippen LogP contribution >= 0.6 is 0 Å². The third-order valence-electron chi connectivity index (χ3n) is 10.8. The first kappa shape index (κ1) is 35.6. The van der Waals surface area contributed by atoms with Crippen LogP contribution < -0.4 is 0 Å². The lowest BCUT2D eigenvalue weighted by Crippen LogP contribution is -2.37. The van der Waals surface area contributed by atoms with Gasteiger partial charge in [-0.2, -0.15) is 0 Å². The highest BCUT2D eigenvalue weighted by atomic mass is 15.1. The summed E-state index contributed by atoms with van der Waals surface area (Å²) in [6.07, 6.45) is 0. The van der Waals surface area contributed by atoms with Gasteiger partial charge in [-0.25, -0.2) is 0 Å². The SMILES string of the molecule is CC(C)c1cc(C(C)C)c(C(C)(C)C)c(C(C)C)c1.Cc1ccc(C)n1C(C)(C)C.[2H]c1c([2H])c2c(c([2H])c1C)C(C)(C)c1c([2H])c(C(C)(C)C)c([2H])c([2H])c1C2(C)C. The van der Waals surface area contributed by atoms with E-state index < -0.39 is 16.2 Å². The van der Waals surface area contributed by atoms with Gasteiger partial charge in [-0.1, -0.05) is 165 Å². The van der Waals surface area contributed by atoms with Crippen molar-refractivity contribution in [2.45, 2.75) is 197 Å². The summed E-state index contributed by atoms with van der Waals surface area (Å²) < 4.78 is 54.7. The lowest BCUT2D eigenvalue weighted by Gasteiger charge is -2.44. The van der Waals surface area contributed by atoms with Gasteiger partial charge in [0.05, 0.1) is 8.22 Å². The Labute approximate surface area is 336 Å². The summed E-state index contributed by atoms with van der Waals surface area (Å²) in [6, 6.07) is 9.99. The van der Waals surface area contributed by atoms with Crippen LogP contribution in [0.25, 0.3) is 0 Å². The van der Waals surface area contributed by atoms with E-state index in [0.717, 1.165) is 0 Å². The molecule has 0 saturated heterocycles. The molecule has 1 aliphatic rings. The second-order valence-electron chi connectivity index (χ2n) is 20.7. The number of nitrogens with zero attached hydrogens (tertiary/aromatic N) is 1. The van der Waals surface area contributed by atoms with Crippen molar-refractivity contribution in [3.8, 4) is 0 Å². The van der Waals surface area contributed by atoms with Crippen molar-refractivity contribution in [3.63, 3.8) is 0 Å². The second kappa shape index (κ2) is 15.6. The third-order valence-corrected chi connectivity index (χ3v) is 10.8. The molecule has 1 heteroatoms. The van der Waals surface area contributed by atoms with Gasteiger partial charge in [-0.3, -0.25) is 0 Å². The van der Waals surface area contributed by atoms with Crippen LogP contribution in [-0.2, 0) is 27.2 Å². The van der Waals surface area contributed by atoms with Crippen molar-refractivity contribution >= 4 is 0 Å². The fraction of sp³-hybridized carbons (Fsp3) is 0.577. The molecule has 1 nitrogen and oxygen atoms in total. The molecule has 5 rings (SSSR count). The highest BCUT2D eigenvalue weighted by molar-refractivity contribution is 5.60.